The molecule has 1 saturated heterocycles. The second-order valence-corrected chi connectivity index (χ2v) is 4.55. The van der Waals surface area contributed by atoms with Gasteiger partial charge in [0, 0.05) is 13.1 Å². The monoisotopic (exact) mass is 270 g/mol. The van der Waals surface area contributed by atoms with E-state index in [0.717, 1.165) is 17.9 Å². The molecule has 7 heteroatoms. The number of hydrogen-bond acceptors (Lipinski definition) is 2. The van der Waals surface area contributed by atoms with Gasteiger partial charge in [0.2, 0.25) is 0 Å². The Bertz CT molecular complexity index is 278. The van der Waals surface area contributed by atoms with Crippen LogP contribution in [0.4, 0.5) is 17.6 Å². The minimum Gasteiger partial charge on any atom is -0.337 e. The topological polar surface area (TPSA) is 32.3 Å². The zero-order valence-corrected chi connectivity index (χ0v) is 10.3. The number of amides is 1. The van der Waals surface area contributed by atoms with Crippen LogP contribution < -0.4 is 5.32 Å². The van der Waals surface area contributed by atoms with Crippen LogP contribution in [0.25, 0.3) is 0 Å². The van der Waals surface area contributed by atoms with Gasteiger partial charge in [-0.1, -0.05) is 0 Å². The fourth-order valence-electron chi connectivity index (χ4n) is 2.08. The summed E-state index contributed by atoms with van der Waals surface area (Å²) in [6.45, 7) is 1.09. The molecule has 1 N–H and O–H groups in total. The molecule has 18 heavy (non-hydrogen) atoms. The Balaban J connectivity index is 2.45. The predicted octanol–water partition coefficient (Wildman–Crippen LogP) is 1.73. The van der Waals surface area contributed by atoms with Crippen LogP contribution in [0.5, 0.6) is 0 Å². The number of nitrogens with one attached hydrogen (secondary N) is 1. The summed E-state index contributed by atoms with van der Waals surface area (Å²) in [5.74, 6) is -5.94. The minimum absolute atomic E-state index is 0.134. The molecule has 1 aliphatic rings. The van der Waals surface area contributed by atoms with Gasteiger partial charge < -0.3 is 10.2 Å². The third kappa shape index (κ3) is 3.57. The van der Waals surface area contributed by atoms with Crippen molar-refractivity contribution >= 4 is 5.91 Å². The van der Waals surface area contributed by atoms with Crippen LogP contribution in [-0.4, -0.2) is 49.8 Å². The lowest BCUT2D eigenvalue weighted by Gasteiger charge is -2.33. The van der Waals surface area contributed by atoms with Crippen molar-refractivity contribution in [3.8, 4) is 0 Å². The molecule has 0 unspecified atom stereocenters. The quantitative estimate of drug-likeness (QED) is 0.772. The standard InChI is InChI=1S/C11H18F4N2O/c1-16-5-2-8-3-6-17(7-4-8)10(18)11(14,15)9(12)13/h8-9,16H,2-7H2,1H3. The first-order valence-electron chi connectivity index (χ1n) is 5.99. The molecule has 0 aromatic rings. The fourth-order valence-corrected chi connectivity index (χ4v) is 2.08. The van der Waals surface area contributed by atoms with Crippen LogP contribution >= 0.6 is 0 Å². The molecule has 0 spiro atoms. The zero-order chi connectivity index (χ0) is 13.8. The number of halogens is 4. The summed E-state index contributed by atoms with van der Waals surface area (Å²) in [6, 6.07) is 0. The fraction of sp³-hybridized carbons (Fsp3) is 0.909. The smallest absolute Gasteiger partial charge is 0.337 e. The molecule has 1 aliphatic heterocycles. The predicted molar refractivity (Wildman–Crippen MR) is 58.8 cm³/mol. The number of nitrogens with zero attached hydrogens (tertiary/aromatic N) is 1. The Morgan fingerprint density at radius 3 is 2.39 bits per heavy atom. The van der Waals surface area contributed by atoms with Crippen molar-refractivity contribution in [2.24, 2.45) is 5.92 Å². The Morgan fingerprint density at radius 2 is 1.94 bits per heavy atom. The SMILES string of the molecule is CNCCC1CCN(C(=O)C(F)(F)C(F)F)CC1. The Hall–Kier alpha value is -0.850. The summed E-state index contributed by atoms with van der Waals surface area (Å²) in [4.78, 5) is 12.1. The van der Waals surface area contributed by atoms with Gasteiger partial charge in [-0.05, 0) is 38.8 Å². The van der Waals surface area contributed by atoms with Crippen molar-refractivity contribution in [1.82, 2.24) is 10.2 Å². The van der Waals surface area contributed by atoms with E-state index in [0.29, 0.717) is 18.8 Å². The number of carbonyl (C=O) groups is 1. The molecule has 0 saturated carbocycles. The maximum atomic E-state index is 12.9. The Kier molecular flexibility index (Phi) is 5.37. The first-order chi connectivity index (χ1) is 8.39. The number of carbonyl (C=O) groups excluding carboxylic acids is 1. The van der Waals surface area contributed by atoms with Crippen LogP contribution in [0.2, 0.25) is 0 Å². The molecule has 0 bridgehead atoms. The Morgan fingerprint density at radius 1 is 1.39 bits per heavy atom. The lowest BCUT2D eigenvalue weighted by Crippen LogP contribution is -2.50. The molecule has 1 amide bonds. The van der Waals surface area contributed by atoms with Crippen molar-refractivity contribution < 1.29 is 22.4 Å². The first-order valence-corrected chi connectivity index (χ1v) is 5.99. The third-order valence-corrected chi connectivity index (χ3v) is 3.26. The maximum Gasteiger partial charge on any atom is 0.383 e. The highest BCUT2D eigenvalue weighted by atomic mass is 19.3. The van der Waals surface area contributed by atoms with E-state index < -0.39 is 18.3 Å². The van der Waals surface area contributed by atoms with E-state index in [1.54, 1.807) is 0 Å². The largest absolute Gasteiger partial charge is 0.383 e. The number of rotatable bonds is 5. The highest BCUT2D eigenvalue weighted by Gasteiger charge is 2.51. The lowest BCUT2D eigenvalue weighted by atomic mass is 9.93. The van der Waals surface area contributed by atoms with Gasteiger partial charge in [0.1, 0.15) is 0 Å². The van der Waals surface area contributed by atoms with E-state index in [1.807, 2.05) is 7.05 Å². The van der Waals surface area contributed by atoms with Crippen LogP contribution in [0.1, 0.15) is 19.3 Å². The van der Waals surface area contributed by atoms with Gasteiger partial charge in [-0.15, -0.1) is 0 Å². The molecule has 3 nitrogen and oxygen atoms in total. The summed E-state index contributed by atoms with van der Waals surface area (Å²) in [6.07, 6.45) is -1.85. The molecular weight excluding hydrogens is 252 g/mol. The third-order valence-electron chi connectivity index (χ3n) is 3.26. The second kappa shape index (κ2) is 6.36. The highest BCUT2D eigenvalue weighted by Crippen LogP contribution is 2.28. The van der Waals surface area contributed by atoms with Gasteiger partial charge in [0.15, 0.2) is 0 Å². The molecule has 106 valence electrons. The average molecular weight is 270 g/mol. The van der Waals surface area contributed by atoms with Crippen LogP contribution in [0.15, 0.2) is 0 Å². The molecule has 0 aromatic carbocycles. The van der Waals surface area contributed by atoms with Gasteiger partial charge in [-0.2, -0.15) is 8.78 Å². The van der Waals surface area contributed by atoms with Crippen molar-refractivity contribution in [2.75, 3.05) is 26.7 Å². The minimum atomic E-state index is -4.56. The molecule has 0 radical (unpaired) electrons. The summed E-state index contributed by atoms with van der Waals surface area (Å²) in [7, 11) is 1.82. The number of piperidine rings is 1. The second-order valence-electron chi connectivity index (χ2n) is 4.55. The molecule has 1 rings (SSSR count). The summed E-state index contributed by atoms with van der Waals surface area (Å²) < 4.78 is 49.9. The highest BCUT2D eigenvalue weighted by molar-refractivity contribution is 5.84. The molecule has 0 aliphatic carbocycles. The van der Waals surface area contributed by atoms with Crippen molar-refractivity contribution in [2.45, 2.75) is 31.6 Å². The van der Waals surface area contributed by atoms with E-state index >= 15 is 0 Å². The summed E-state index contributed by atoms with van der Waals surface area (Å²) in [5, 5.41) is 2.99. The van der Waals surface area contributed by atoms with Gasteiger partial charge in [-0.3, -0.25) is 4.79 Å². The summed E-state index contributed by atoms with van der Waals surface area (Å²) >= 11 is 0. The van der Waals surface area contributed by atoms with Crippen molar-refractivity contribution in [1.29, 1.82) is 0 Å². The number of hydrogen-bond donors (Lipinski definition) is 1. The zero-order valence-electron chi connectivity index (χ0n) is 10.3. The van der Waals surface area contributed by atoms with Gasteiger partial charge in [0.25, 0.3) is 5.91 Å². The molecule has 0 aromatic heterocycles. The van der Waals surface area contributed by atoms with Gasteiger partial charge in [-0.25, -0.2) is 8.78 Å². The lowest BCUT2D eigenvalue weighted by molar-refractivity contribution is -0.181. The van der Waals surface area contributed by atoms with E-state index in [4.69, 9.17) is 0 Å². The van der Waals surface area contributed by atoms with Crippen LogP contribution in [0, 0.1) is 5.92 Å². The van der Waals surface area contributed by atoms with E-state index in [1.165, 1.54) is 0 Å². The van der Waals surface area contributed by atoms with Crippen LogP contribution in [0.3, 0.4) is 0 Å². The van der Waals surface area contributed by atoms with Crippen molar-refractivity contribution in [3.05, 3.63) is 0 Å². The Labute approximate surface area is 104 Å². The first kappa shape index (κ1) is 15.2. The van der Waals surface area contributed by atoms with E-state index in [-0.39, 0.29) is 13.1 Å². The van der Waals surface area contributed by atoms with E-state index in [2.05, 4.69) is 5.32 Å². The average Bonchev–Trinajstić information content (AvgIpc) is 2.35. The van der Waals surface area contributed by atoms with Crippen LogP contribution in [-0.2, 0) is 4.79 Å². The number of alkyl halides is 4. The number of likely N-dealkylation sites (tertiary alicyclic amines) is 1. The maximum absolute atomic E-state index is 12.9. The molecule has 1 fully saturated rings. The van der Waals surface area contributed by atoms with Gasteiger partial charge in [0.05, 0.1) is 0 Å². The summed E-state index contributed by atoms with van der Waals surface area (Å²) in [5.41, 5.74) is 0. The molecule has 0 atom stereocenters. The van der Waals surface area contributed by atoms with Gasteiger partial charge >= 0.3 is 12.3 Å². The van der Waals surface area contributed by atoms with E-state index in [9.17, 15) is 22.4 Å². The molecule has 1 heterocycles. The van der Waals surface area contributed by atoms with Crippen molar-refractivity contribution in [3.63, 3.8) is 0 Å². The molecular formula is C11H18F4N2O. The normalized spacial score (nSPS) is 18.4.